The predicted octanol–water partition coefficient (Wildman–Crippen LogP) is 1.93. The third-order valence-electron chi connectivity index (χ3n) is 3.23. The van der Waals surface area contributed by atoms with E-state index in [-0.39, 0.29) is 5.91 Å². The smallest absolute Gasteiger partial charge is 0.274 e. The van der Waals surface area contributed by atoms with Crippen molar-refractivity contribution >= 4 is 11.6 Å². The van der Waals surface area contributed by atoms with Crippen molar-refractivity contribution in [2.75, 3.05) is 5.32 Å². The lowest BCUT2D eigenvalue weighted by molar-refractivity contribution is 0.102. The van der Waals surface area contributed by atoms with Crippen LogP contribution in [0.25, 0.3) is 5.69 Å². The number of rotatable bonds is 3. The van der Waals surface area contributed by atoms with Gasteiger partial charge in [-0.15, -0.1) is 5.10 Å². The second kappa shape index (κ2) is 5.72. The summed E-state index contributed by atoms with van der Waals surface area (Å²) >= 11 is 0. The lowest BCUT2D eigenvalue weighted by atomic mass is 10.1. The summed E-state index contributed by atoms with van der Waals surface area (Å²) in [5, 5.41) is 13.9. The molecule has 0 bridgehead atoms. The van der Waals surface area contributed by atoms with E-state index in [0.717, 1.165) is 16.8 Å². The van der Waals surface area contributed by atoms with Crippen molar-refractivity contribution in [3.8, 4) is 5.69 Å². The van der Waals surface area contributed by atoms with Crippen molar-refractivity contribution < 1.29 is 4.79 Å². The number of tetrazole rings is 1. The third kappa shape index (κ3) is 2.83. The highest BCUT2D eigenvalue weighted by Gasteiger charge is 2.10. The monoisotopic (exact) mass is 294 g/mol. The fraction of sp³-hybridized carbons (Fsp3) is 0.133. The highest BCUT2D eigenvalue weighted by atomic mass is 16.1. The Morgan fingerprint density at radius 3 is 2.77 bits per heavy atom. The summed E-state index contributed by atoms with van der Waals surface area (Å²) in [6.07, 6.45) is 3.12. The van der Waals surface area contributed by atoms with Crippen molar-refractivity contribution in [2.45, 2.75) is 13.8 Å². The van der Waals surface area contributed by atoms with Gasteiger partial charge >= 0.3 is 0 Å². The molecule has 0 fully saturated rings. The van der Waals surface area contributed by atoms with Crippen LogP contribution in [0.4, 0.5) is 5.69 Å². The maximum absolute atomic E-state index is 12.3. The van der Waals surface area contributed by atoms with Gasteiger partial charge in [0.2, 0.25) is 0 Å². The largest absolute Gasteiger partial charge is 0.320 e. The van der Waals surface area contributed by atoms with E-state index in [1.807, 2.05) is 38.1 Å². The Balaban J connectivity index is 1.88. The van der Waals surface area contributed by atoms with Gasteiger partial charge in [0.15, 0.2) is 0 Å². The number of aromatic nitrogens is 5. The molecule has 0 saturated carbocycles. The molecule has 7 nitrogen and oxygen atoms in total. The standard InChI is InChI=1S/C15H14N6O/c1-10-5-6-16-14(7-10)15(22)18-13-8-12(4-3-11(13)2)21-9-17-19-20-21/h3-9H,1-2H3,(H,18,22). The van der Waals surface area contributed by atoms with Crippen LogP contribution in [0, 0.1) is 13.8 Å². The molecule has 1 amide bonds. The second-order valence-electron chi connectivity index (χ2n) is 4.93. The number of anilines is 1. The summed E-state index contributed by atoms with van der Waals surface area (Å²) in [5.41, 5.74) is 3.77. The third-order valence-corrected chi connectivity index (χ3v) is 3.23. The molecule has 3 rings (SSSR count). The van der Waals surface area contributed by atoms with Gasteiger partial charge < -0.3 is 5.32 Å². The maximum Gasteiger partial charge on any atom is 0.274 e. The van der Waals surface area contributed by atoms with Gasteiger partial charge in [0.1, 0.15) is 12.0 Å². The molecule has 110 valence electrons. The first kappa shape index (κ1) is 13.9. The van der Waals surface area contributed by atoms with E-state index in [9.17, 15) is 4.79 Å². The van der Waals surface area contributed by atoms with Crippen LogP contribution in [0.1, 0.15) is 21.6 Å². The van der Waals surface area contributed by atoms with Gasteiger partial charge in [-0.1, -0.05) is 6.07 Å². The average Bonchev–Trinajstić information content (AvgIpc) is 3.04. The molecule has 3 aromatic rings. The van der Waals surface area contributed by atoms with Crippen molar-refractivity contribution in [3.63, 3.8) is 0 Å². The van der Waals surface area contributed by atoms with E-state index < -0.39 is 0 Å². The van der Waals surface area contributed by atoms with E-state index >= 15 is 0 Å². The van der Waals surface area contributed by atoms with Crippen LogP contribution in [0.3, 0.4) is 0 Å². The Labute approximate surface area is 127 Å². The minimum absolute atomic E-state index is 0.249. The first-order chi connectivity index (χ1) is 10.6. The zero-order chi connectivity index (χ0) is 15.5. The molecule has 0 atom stereocenters. The molecule has 7 heteroatoms. The van der Waals surface area contributed by atoms with Crippen LogP contribution < -0.4 is 5.32 Å². The topological polar surface area (TPSA) is 85.6 Å². The molecule has 0 unspecified atom stereocenters. The summed E-state index contributed by atoms with van der Waals surface area (Å²) in [6.45, 7) is 3.84. The molecular formula is C15H14N6O. The zero-order valence-corrected chi connectivity index (χ0v) is 12.2. The number of nitrogens with one attached hydrogen (secondary N) is 1. The fourth-order valence-electron chi connectivity index (χ4n) is 2.01. The lowest BCUT2D eigenvalue weighted by Crippen LogP contribution is -2.15. The van der Waals surface area contributed by atoms with Crippen molar-refractivity contribution in [3.05, 3.63) is 59.7 Å². The van der Waals surface area contributed by atoms with Crippen LogP contribution in [0.2, 0.25) is 0 Å². The molecule has 22 heavy (non-hydrogen) atoms. The van der Waals surface area contributed by atoms with Crippen LogP contribution in [-0.4, -0.2) is 31.1 Å². The van der Waals surface area contributed by atoms with Gasteiger partial charge in [-0.05, 0) is 59.7 Å². The molecule has 1 N–H and O–H groups in total. The van der Waals surface area contributed by atoms with Crippen LogP contribution in [0.15, 0.2) is 42.9 Å². The quantitative estimate of drug-likeness (QED) is 0.797. The number of pyridine rings is 1. The van der Waals surface area contributed by atoms with E-state index in [2.05, 4.69) is 25.8 Å². The molecule has 0 spiro atoms. The zero-order valence-electron chi connectivity index (χ0n) is 12.2. The van der Waals surface area contributed by atoms with Gasteiger partial charge in [-0.2, -0.15) is 0 Å². The Morgan fingerprint density at radius 2 is 2.05 bits per heavy atom. The molecule has 1 aromatic carbocycles. The van der Waals surface area contributed by atoms with Gasteiger partial charge in [0, 0.05) is 11.9 Å². The molecule has 0 saturated heterocycles. The number of hydrogen-bond acceptors (Lipinski definition) is 5. The summed E-state index contributed by atoms with van der Waals surface area (Å²) in [6, 6.07) is 9.19. The summed E-state index contributed by atoms with van der Waals surface area (Å²) in [4.78, 5) is 16.4. The lowest BCUT2D eigenvalue weighted by Gasteiger charge is -2.10. The van der Waals surface area contributed by atoms with Crippen molar-refractivity contribution in [2.24, 2.45) is 0 Å². The minimum atomic E-state index is -0.249. The number of nitrogens with zero attached hydrogens (tertiary/aromatic N) is 5. The highest BCUT2D eigenvalue weighted by Crippen LogP contribution is 2.19. The minimum Gasteiger partial charge on any atom is -0.320 e. The summed E-state index contributed by atoms with van der Waals surface area (Å²) < 4.78 is 1.53. The molecule has 2 heterocycles. The average molecular weight is 294 g/mol. The number of carbonyl (C=O) groups is 1. The Hall–Kier alpha value is -3.09. The number of carbonyl (C=O) groups excluding carboxylic acids is 1. The van der Waals surface area contributed by atoms with E-state index in [4.69, 9.17) is 0 Å². The molecular weight excluding hydrogens is 280 g/mol. The van der Waals surface area contributed by atoms with Crippen LogP contribution >= 0.6 is 0 Å². The predicted molar refractivity (Wildman–Crippen MR) is 80.8 cm³/mol. The van der Waals surface area contributed by atoms with Gasteiger partial charge in [-0.25, -0.2) is 4.68 Å². The SMILES string of the molecule is Cc1ccnc(C(=O)Nc2cc(-n3cnnn3)ccc2C)c1. The fourth-order valence-corrected chi connectivity index (χ4v) is 2.01. The number of hydrogen-bond donors (Lipinski definition) is 1. The Kier molecular flexibility index (Phi) is 3.61. The molecule has 2 aromatic heterocycles. The molecule has 0 radical (unpaired) electrons. The first-order valence-corrected chi connectivity index (χ1v) is 6.71. The number of aryl methyl sites for hydroxylation is 2. The Morgan fingerprint density at radius 1 is 1.18 bits per heavy atom. The van der Waals surface area contributed by atoms with Gasteiger partial charge in [-0.3, -0.25) is 9.78 Å². The first-order valence-electron chi connectivity index (χ1n) is 6.71. The highest BCUT2D eigenvalue weighted by molar-refractivity contribution is 6.03. The van der Waals surface area contributed by atoms with Gasteiger partial charge in [0.05, 0.1) is 5.69 Å². The molecule has 0 aliphatic heterocycles. The van der Waals surface area contributed by atoms with Crippen LogP contribution in [0.5, 0.6) is 0 Å². The van der Waals surface area contributed by atoms with Gasteiger partial charge in [0.25, 0.3) is 5.91 Å². The summed E-state index contributed by atoms with van der Waals surface area (Å²) in [7, 11) is 0. The maximum atomic E-state index is 12.3. The summed E-state index contributed by atoms with van der Waals surface area (Å²) in [5.74, 6) is -0.249. The molecule has 0 aliphatic rings. The normalized spacial score (nSPS) is 10.5. The van der Waals surface area contributed by atoms with Crippen molar-refractivity contribution in [1.29, 1.82) is 0 Å². The van der Waals surface area contributed by atoms with E-state index in [0.29, 0.717) is 11.4 Å². The second-order valence-corrected chi connectivity index (χ2v) is 4.93. The van der Waals surface area contributed by atoms with E-state index in [1.165, 1.54) is 11.0 Å². The van der Waals surface area contributed by atoms with Crippen LogP contribution in [-0.2, 0) is 0 Å². The number of benzene rings is 1. The van der Waals surface area contributed by atoms with Crippen molar-refractivity contribution in [1.82, 2.24) is 25.2 Å². The van der Waals surface area contributed by atoms with E-state index in [1.54, 1.807) is 12.3 Å². The molecule has 0 aliphatic carbocycles. The Bertz CT molecular complexity index is 813. The number of amides is 1.